The molecule has 1 amide bonds. The van der Waals surface area contributed by atoms with Gasteiger partial charge in [-0.1, -0.05) is 0 Å². The molecular weight excluding hydrogens is 146 g/mol. The van der Waals surface area contributed by atoms with E-state index >= 15 is 0 Å². The van der Waals surface area contributed by atoms with Gasteiger partial charge in [-0.05, 0) is 13.3 Å². The molecule has 0 aliphatic heterocycles. The third-order valence-electron chi connectivity index (χ3n) is 1.44. The van der Waals surface area contributed by atoms with Gasteiger partial charge in [0.15, 0.2) is 0 Å². The minimum Gasteiger partial charge on any atom is -0.385 e. The van der Waals surface area contributed by atoms with Crippen LogP contribution in [0.15, 0.2) is 0 Å². The summed E-state index contributed by atoms with van der Waals surface area (Å²) in [5.41, 5.74) is 4.96. The number of methoxy groups -OCH3 is 1. The molecule has 0 bridgehead atoms. The second-order valence-corrected chi connectivity index (χ2v) is 2.35. The fourth-order valence-corrected chi connectivity index (χ4v) is 0.782. The molecule has 1 unspecified atom stereocenters. The van der Waals surface area contributed by atoms with Crippen LogP contribution in [-0.4, -0.2) is 25.4 Å². The number of carbonyl (C=O) groups excluding carboxylic acids is 2. The Hall–Kier alpha value is -0.900. The molecule has 11 heavy (non-hydrogen) atoms. The zero-order valence-electron chi connectivity index (χ0n) is 6.79. The zero-order valence-corrected chi connectivity index (χ0v) is 6.79. The third-order valence-corrected chi connectivity index (χ3v) is 1.44. The molecule has 0 aliphatic rings. The first-order chi connectivity index (χ1) is 5.09. The van der Waals surface area contributed by atoms with E-state index in [4.69, 9.17) is 10.5 Å². The maximum atomic E-state index is 10.7. The van der Waals surface area contributed by atoms with Crippen LogP contribution in [0.3, 0.4) is 0 Å². The highest BCUT2D eigenvalue weighted by Gasteiger charge is 2.19. The molecule has 0 aliphatic carbocycles. The molecule has 0 heterocycles. The Morgan fingerprint density at radius 1 is 1.55 bits per heavy atom. The standard InChI is InChI=1S/C7H13NO3/c1-5(9)6(7(8)10)3-4-11-2/h6H,3-4H2,1-2H3,(H2,8,10). The highest BCUT2D eigenvalue weighted by molar-refractivity contribution is 5.99. The minimum atomic E-state index is -0.685. The van der Waals surface area contributed by atoms with Crippen LogP contribution in [-0.2, 0) is 14.3 Å². The van der Waals surface area contributed by atoms with Crippen molar-refractivity contribution in [1.29, 1.82) is 0 Å². The highest BCUT2D eigenvalue weighted by atomic mass is 16.5. The Kier molecular flexibility index (Phi) is 4.45. The van der Waals surface area contributed by atoms with E-state index in [2.05, 4.69) is 0 Å². The summed E-state index contributed by atoms with van der Waals surface area (Å²) in [5, 5.41) is 0. The molecule has 0 spiro atoms. The molecule has 0 aromatic carbocycles. The quantitative estimate of drug-likeness (QED) is 0.560. The van der Waals surface area contributed by atoms with Gasteiger partial charge in [0.1, 0.15) is 5.78 Å². The maximum absolute atomic E-state index is 10.7. The number of amides is 1. The number of ketones is 1. The predicted octanol–water partition coefficient (Wildman–Crippen LogP) is -0.287. The molecule has 64 valence electrons. The largest absolute Gasteiger partial charge is 0.385 e. The monoisotopic (exact) mass is 159 g/mol. The van der Waals surface area contributed by atoms with Gasteiger partial charge >= 0.3 is 0 Å². The van der Waals surface area contributed by atoms with E-state index in [-0.39, 0.29) is 5.78 Å². The molecule has 2 N–H and O–H groups in total. The summed E-state index contributed by atoms with van der Waals surface area (Å²) in [5.74, 6) is -1.46. The Balaban J connectivity index is 3.90. The number of primary amides is 1. The Bertz CT molecular complexity index is 142. The molecule has 1 atom stereocenters. The molecule has 0 saturated heterocycles. The van der Waals surface area contributed by atoms with E-state index < -0.39 is 11.8 Å². The normalized spacial score (nSPS) is 12.5. The summed E-state index contributed by atoms with van der Waals surface area (Å²) in [6.45, 7) is 1.73. The fraction of sp³-hybridized carbons (Fsp3) is 0.714. The van der Waals surface area contributed by atoms with E-state index in [1.165, 1.54) is 14.0 Å². The summed E-state index contributed by atoms with van der Waals surface area (Å²) in [6.07, 6.45) is 0.376. The number of rotatable bonds is 5. The molecular formula is C7H13NO3. The lowest BCUT2D eigenvalue weighted by atomic mass is 10.0. The lowest BCUT2D eigenvalue weighted by Crippen LogP contribution is -2.29. The molecule has 0 saturated carbocycles. The van der Waals surface area contributed by atoms with Gasteiger partial charge in [0.2, 0.25) is 5.91 Å². The molecule has 0 radical (unpaired) electrons. The summed E-state index contributed by atoms with van der Waals surface area (Å²) >= 11 is 0. The Labute approximate surface area is 65.7 Å². The number of carbonyl (C=O) groups is 2. The van der Waals surface area contributed by atoms with Crippen molar-refractivity contribution in [2.24, 2.45) is 11.7 Å². The second-order valence-electron chi connectivity index (χ2n) is 2.35. The van der Waals surface area contributed by atoms with Gasteiger partial charge in [0.25, 0.3) is 0 Å². The van der Waals surface area contributed by atoms with Crippen molar-refractivity contribution in [2.75, 3.05) is 13.7 Å². The van der Waals surface area contributed by atoms with Gasteiger partial charge < -0.3 is 10.5 Å². The molecule has 0 aromatic rings. The van der Waals surface area contributed by atoms with E-state index in [1.807, 2.05) is 0 Å². The fourth-order valence-electron chi connectivity index (χ4n) is 0.782. The van der Waals surface area contributed by atoms with E-state index in [0.29, 0.717) is 13.0 Å². The number of ether oxygens (including phenoxy) is 1. The maximum Gasteiger partial charge on any atom is 0.228 e. The van der Waals surface area contributed by atoms with Crippen molar-refractivity contribution in [3.05, 3.63) is 0 Å². The Morgan fingerprint density at radius 3 is 2.36 bits per heavy atom. The zero-order chi connectivity index (χ0) is 8.85. The van der Waals surface area contributed by atoms with Crippen LogP contribution in [0.5, 0.6) is 0 Å². The smallest absolute Gasteiger partial charge is 0.228 e. The third kappa shape index (κ3) is 3.72. The predicted molar refractivity (Wildman–Crippen MR) is 39.9 cm³/mol. The van der Waals surface area contributed by atoms with Crippen molar-refractivity contribution in [2.45, 2.75) is 13.3 Å². The summed E-state index contributed by atoms with van der Waals surface area (Å²) < 4.78 is 4.71. The van der Waals surface area contributed by atoms with Gasteiger partial charge in [0, 0.05) is 13.7 Å². The van der Waals surface area contributed by atoms with Crippen LogP contribution in [0.1, 0.15) is 13.3 Å². The molecule has 4 heteroatoms. The topological polar surface area (TPSA) is 69.4 Å². The second kappa shape index (κ2) is 4.85. The Morgan fingerprint density at radius 2 is 2.09 bits per heavy atom. The van der Waals surface area contributed by atoms with Crippen molar-refractivity contribution in [3.63, 3.8) is 0 Å². The van der Waals surface area contributed by atoms with Gasteiger partial charge in [-0.15, -0.1) is 0 Å². The lowest BCUT2D eigenvalue weighted by molar-refractivity contribution is -0.131. The van der Waals surface area contributed by atoms with Gasteiger partial charge in [-0.25, -0.2) is 0 Å². The van der Waals surface area contributed by atoms with Gasteiger partial charge in [-0.3, -0.25) is 9.59 Å². The summed E-state index contributed by atoms with van der Waals surface area (Å²) in [6, 6.07) is 0. The molecule has 4 nitrogen and oxygen atoms in total. The molecule has 0 rings (SSSR count). The van der Waals surface area contributed by atoms with Crippen molar-refractivity contribution >= 4 is 11.7 Å². The number of hydrogen-bond donors (Lipinski definition) is 1. The van der Waals surface area contributed by atoms with Crippen LogP contribution in [0, 0.1) is 5.92 Å². The number of Topliss-reactive ketones (excluding diaryl/α,β-unsaturated/α-hetero) is 1. The highest BCUT2D eigenvalue weighted by Crippen LogP contribution is 2.03. The number of nitrogens with two attached hydrogens (primary N) is 1. The average molecular weight is 159 g/mol. The van der Waals surface area contributed by atoms with E-state index in [1.54, 1.807) is 0 Å². The first kappa shape index (κ1) is 10.1. The van der Waals surface area contributed by atoms with Gasteiger partial charge in [-0.2, -0.15) is 0 Å². The van der Waals surface area contributed by atoms with Crippen LogP contribution in [0.25, 0.3) is 0 Å². The van der Waals surface area contributed by atoms with Crippen molar-refractivity contribution < 1.29 is 14.3 Å². The summed E-state index contributed by atoms with van der Waals surface area (Å²) in [7, 11) is 1.51. The average Bonchev–Trinajstić information content (AvgIpc) is 1.87. The van der Waals surface area contributed by atoms with Crippen LogP contribution in [0.4, 0.5) is 0 Å². The van der Waals surface area contributed by atoms with Gasteiger partial charge in [0.05, 0.1) is 5.92 Å². The van der Waals surface area contributed by atoms with E-state index in [0.717, 1.165) is 0 Å². The van der Waals surface area contributed by atoms with E-state index in [9.17, 15) is 9.59 Å². The van der Waals surface area contributed by atoms with Crippen molar-refractivity contribution in [1.82, 2.24) is 0 Å². The minimum absolute atomic E-state index is 0.199. The van der Waals surface area contributed by atoms with Crippen molar-refractivity contribution in [3.8, 4) is 0 Å². The lowest BCUT2D eigenvalue weighted by Gasteiger charge is -2.07. The first-order valence-electron chi connectivity index (χ1n) is 3.38. The summed E-state index contributed by atoms with van der Waals surface area (Å²) in [4.78, 5) is 21.3. The molecule has 0 aromatic heterocycles. The number of hydrogen-bond acceptors (Lipinski definition) is 3. The van der Waals surface area contributed by atoms with Crippen LogP contribution in [0.2, 0.25) is 0 Å². The van der Waals surface area contributed by atoms with Crippen LogP contribution < -0.4 is 5.73 Å². The molecule has 0 fully saturated rings. The van der Waals surface area contributed by atoms with Crippen LogP contribution >= 0.6 is 0 Å². The SMILES string of the molecule is COCCC(C(C)=O)C(N)=O. The first-order valence-corrected chi connectivity index (χ1v) is 3.38.